The number of carbonyl (C=O) groups excluding carboxylic acids is 3. The lowest BCUT2D eigenvalue weighted by Crippen LogP contribution is -2.34. The molecule has 0 aliphatic rings. The average Bonchev–Trinajstić information content (AvgIpc) is 2.69. The number of ether oxygens (including phenoxy) is 2. The SMILES string of the molecule is CCOC(=O)C(C(=O)OCC)[C@H](CC(=O)c1ccc(C)cc1)c1ccc(F)cc1. The molecule has 2 aromatic carbocycles. The molecular formula is C23H25FO5. The minimum Gasteiger partial charge on any atom is -0.465 e. The van der Waals surface area contributed by atoms with E-state index in [1.54, 1.807) is 26.0 Å². The van der Waals surface area contributed by atoms with E-state index in [4.69, 9.17) is 9.47 Å². The van der Waals surface area contributed by atoms with Crippen LogP contribution in [0.1, 0.15) is 47.7 Å². The number of esters is 2. The Morgan fingerprint density at radius 2 is 1.38 bits per heavy atom. The highest BCUT2D eigenvalue weighted by Crippen LogP contribution is 2.32. The second-order valence-corrected chi connectivity index (χ2v) is 6.63. The molecule has 0 aliphatic carbocycles. The highest BCUT2D eigenvalue weighted by Gasteiger charge is 2.39. The van der Waals surface area contributed by atoms with Crippen LogP contribution in [0.3, 0.4) is 0 Å². The van der Waals surface area contributed by atoms with E-state index in [2.05, 4.69) is 0 Å². The number of carbonyl (C=O) groups is 3. The van der Waals surface area contributed by atoms with Crippen molar-refractivity contribution in [2.24, 2.45) is 5.92 Å². The first kappa shape index (κ1) is 22.3. The molecule has 0 aromatic heterocycles. The van der Waals surface area contributed by atoms with Gasteiger partial charge in [0.2, 0.25) is 0 Å². The highest BCUT2D eigenvalue weighted by atomic mass is 19.1. The van der Waals surface area contributed by atoms with Gasteiger partial charge in [-0.1, -0.05) is 42.0 Å². The number of ketones is 1. The van der Waals surface area contributed by atoms with Crippen molar-refractivity contribution in [1.29, 1.82) is 0 Å². The zero-order chi connectivity index (χ0) is 21.4. The summed E-state index contributed by atoms with van der Waals surface area (Å²) in [6, 6.07) is 12.4. The van der Waals surface area contributed by atoms with Gasteiger partial charge in [0.25, 0.3) is 0 Å². The van der Waals surface area contributed by atoms with Crippen LogP contribution in [-0.4, -0.2) is 30.9 Å². The van der Waals surface area contributed by atoms with Crippen molar-refractivity contribution in [2.75, 3.05) is 13.2 Å². The van der Waals surface area contributed by atoms with Gasteiger partial charge in [0.1, 0.15) is 5.82 Å². The molecule has 5 nitrogen and oxygen atoms in total. The Balaban J connectivity index is 2.44. The Labute approximate surface area is 169 Å². The normalized spacial score (nSPS) is 11.8. The molecule has 0 fully saturated rings. The smallest absolute Gasteiger partial charge is 0.320 e. The Bertz CT molecular complexity index is 825. The molecule has 0 bridgehead atoms. The second-order valence-electron chi connectivity index (χ2n) is 6.63. The van der Waals surface area contributed by atoms with E-state index in [1.807, 2.05) is 19.1 Å². The summed E-state index contributed by atoms with van der Waals surface area (Å²) in [4.78, 5) is 38.1. The summed E-state index contributed by atoms with van der Waals surface area (Å²) in [5.74, 6) is -4.40. The van der Waals surface area contributed by atoms with Crippen molar-refractivity contribution >= 4 is 17.7 Å². The summed E-state index contributed by atoms with van der Waals surface area (Å²) in [5.41, 5.74) is 1.96. The molecule has 0 heterocycles. The van der Waals surface area contributed by atoms with E-state index in [9.17, 15) is 18.8 Å². The van der Waals surface area contributed by atoms with Crippen molar-refractivity contribution in [1.82, 2.24) is 0 Å². The van der Waals surface area contributed by atoms with Crippen LogP contribution < -0.4 is 0 Å². The van der Waals surface area contributed by atoms with E-state index in [0.29, 0.717) is 11.1 Å². The summed E-state index contributed by atoms with van der Waals surface area (Å²) < 4.78 is 23.6. The Morgan fingerprint density at radius 1 is 0.862 bits per heavy atom. The molecule has 0 N–H and O–H groups in total. The van der Waals surface area contributed by atoms with Crippen LogP contribution in [0.5, 0.6) is 0 Å². The number of rotatable bonds is 9. The molecule has 29 heavy (non-hydrogen) atoms. The summed E-state index contributed by atoms with van der Waals surface area (Å²) in [7, 11) is 0. The third-order valence-corrected chi connectivity index (χ3v) is 4.56. The predicted octanol–water partition coefficient (Wildman–Crippen LogP) is 4.23. The minimum absolute atomic E-state index is 0.0801. The van der Waals surface area contributed by atoms with Gasteiger partial charge in [-0.3, -0.25) is 14.4 Å². The summed E-state index contributed by atoms with van der Waals surface area (Å²) in [6.45, 7) is 5.33. The molecule has 6 heteroatoms. The standard InChI is InChI=1S/C23H25FO5/c1-4-28-22(26)21(23(27)29-5-2)19(16-10-12-18(24)13-11-16)14-20(25)17-8-6-15(3)7-9-17/h6-13,19,21H,4-5,14H2,1-3H3/t19-/m1/s1. The van der Waals surface area contributed by atoms with Crippen molar-refractivity contribution < 1.29 is 28.2 Å². The molecule has 1 atom stereocenters. The zero-order valence-electron chi connectivity index (χ0n) is 16.8. The van der Waals surface area contributed by atoms with Gasteiger partial charge in [0.05, 0.1) is 13.2 Å². The topological polar surface area (TPSA) is 69.7 Å². The minimum atomic E-state index is -1.32. The van der Waals surface area contributed by atoms with Crippen molar-refractivity contribution in [3.8, 4) is 0 Å². The van der Waals surface area contributed by atoms with Gasteiger partial charge in [-0.25, -0.2) is 4.39 Å². The molecule has 154 valence electrons. The van der Waals surface area contributed by atoms with Gasteiger partial charge < -0.3 is 9.47 Å². The summed E-state index contributed by atoms with van der Waals surface area (Å²) >= 11 is 0. The maximum atomic E-state index is 13.4. The number of hydrogen-bond donors (Lipinski definition) is 0. The quantitative estimate of drug-likeness (QED) is 0.358. The number of aryl methyl sites for hydroxylation is 1. The largest absolute Gasteiger partial charge is 0.465 e. The predicted molar refractivity (Wildman–Crippen MR) is 106 cm³/mol. The maximum Gasteiger partial charge on any atom is 0.320 e. The first-order valence-corrected chi connectivity index (χ1v) is 9.56. The van der Waals surface area contributed by atoms with E-state index < -0.39 is 29.6 Å². The number of benzene rings is 2. The van der Waals surface area contributed by atoms with Crippen LogP contribution in [0.15, 0.2) is 48.5 Å². The van der Waals surface area contributed by atoms with E-state index >= 15 is 0 Å². The fraction of sp³-hybridized carbons (Fsp3) is 0.348. The molecule has 0 aliphatic heterocycles. The molecule has 2 rings (SSSR count). The molecule has 2 aromatic rings. The fourth-order valence-electron chi connectivity index (χ4n) is 3.08. The molecular weight excluding hydrogens is 375 g/mol. The van der Waals surface area contributed by atoms with E-state index in [-0.39, 0.29) is 25.4 Å². The van der Waals surface area contributed by atoms with Gasteiger partial charge in [-0.2, -0.15) is 0 Å². The van der Waals surface area contributed by atoms with Crippen LogP contribution in [0.2, 0.25) is 0 Å². The van der Waals surface area contributed by atoms with Crippen molar-refractivity contribution in [2.45, 2.75) is 33.1 Å². The first-order chi connectivity index (χ1) is 13.9. The monoisotopic (exact) mass is 400 g/mol. The Morgan fingerprint density at radius 3 is 1.86 bits per heavy atom. The maximum absolute atomic E-state index is 13.4. The highest BCUT2D eigenvalue weighted by molar-refractivity contribution is 6.00. The van der Waals surface area contributed by atoms with Gasteiger partial charge in [-0.05, 0) is 38.5 Å². The fourth-order valence-corrected chi connectivity index (χ4v) is 3.08. The van der Waals surface area contributed by atoms with Crippen molar-refractivity contribution in [3.63, 3.8) is 0 Å². The third-order valence-electron chi connectivity index (χ3n) is 4.56. The number of halogens is 1. The van der Waals surface area contributed by atoms with E-state index in [0.717, 1.165) is 5.56 Å². The molecule has 0 radical (unpaired) electrons. The molecule has 0 saturated carbocycles. The van der Waals surface area contributed by atoms with Gasteiger partial charge in [0.15, 0.2) is 11.7 Å². The number of hydrogen-bond acceptors (Lipinski definition) is 5. The molecule has 0 spiro atoms. The third kappa shape index (κ3) is 5.98. The molecule has 0 unspecified atom stereocenters. The van der Waals surface area contributed by atoms with Crippen LogP contribution in [0, 0.1) is 18.7 Å². The lowest BCUT2D eigenvalue weighted by molar-refractivity contribution is -0.162. The van der Waals surface area contributed by atoms with Gasteiger partial charge in [0, 0.05) is 17.9 Å². The second kappa shape index (κ2) is 10.5. The molecule has 0 saturated heterocycles. The molecule has 0 amide bonds. The zero-order valence-corrected chi connectivity index (χ0v) is 16.8. The number of Topliss-reactive ketones (excluding diaryl/α,β-unsaturated/α-hetero) is 1. The first-order valence-electron chi connectivity index (χ1n) is 9.56. The Hall–Kier alpha value is -3.02. The van der Waals surface area contributed by atoms with Crippen LogP contribution in [-0.2, 0) is 19.1 Å². The van der Waals surface area contributed by atoms with Crippen molar-refractivity contribution in [3.05, 3.63) is 71.0 Å². The van der Waals surface area contributed by atoms with Crippen LogP contribution in [0.4, 0.5) is 4.39 Å². The Kier molecular flexibility index (Phi) is 8.07. The summed E-state index contributed by atoms with van der Waals surface area (Å²) in [6.07, 6.45) is -0.128. The average molecular weight is 400 g/mol. The lowest BCUT2D eigenvalue weighted by atomic mass is 9.81. The van der Waals surface area contributed by atoms with Gasteiger partial charge >= 0.3 is 11.9 Å². The van der Waals surface area contributed by atoms with Crippen LogP contribution >= 0.6 is 0 Å². The lowest BCUT2D eigenvalue weighted by Gasteiger charge is -2.24. The summed E-state index contributed by atoms with van der Waals surface area (Å²) in [5, 5.41) is 0. The van der Waals surface area contributed by atoms with E-state index in [1.165, 1.54) is 24.3 Å². The van der Waals surface area contributed by atoms with Crippen LogP contribution in [0.25, 0.3) is 0 Å². The van der Waals surface area contributed by atoms with Gasteiger partial charge in [-0.15, -0.1) is 0 Å².